The predicted octanol–water partition coefficient (Wildman–Crippen LogP) is 4.67. The minimum Gasteiger partial charge on any atom is -0.497 e. The molecule has 2 aromatic carbocycles. The van der Waals surface area contributed by atoms with Gasteiger partial charge in [0, 0.05) is 41.8 Å². The fourth-order valence-electron chi connectivity index (χ4n) is 2.64. The normalized spacial score (nSPS) is 11.2. The van der Waals surface area contributed by atoms with Gasteiger partial charge in [-0.2, -0.15) is 0 Å². The molecule has 0 amide bonds. The van der Waals surface area contributed by atoms with Crippen LogP contribution in [0.15, 0.2) is 46.4 Å². The summed E-state index contributed by atoms with van der Waals surface area (Å²) in [6.45, 7) is 8.08. The Labute approximate surface area is 160 Å². The van der Waals surface area contributed by atoms with Crippen molar-refractivity contribution in [2.45, 2.75) is 20.3 Å². The second kappa shape index (κ2) is 9.73. The van der Waals surface area contributed by atoms with Crippen LogP contribution in [0.5, 0.6) is 11.5 Å². The van der Waals surface area contributed by atoms with Crippen molar-refractivity contribution in [1.82, 2.24) is 0 Å². The van der Waals surface area contributed by atoms with Crippen LogP contribution >= 0.6 is 0 Å². The van der Waals surface area contributed by atoms with Crippen molar-refractivity contribution < 1.29 is 14.6 Å². The van der Waals surface area contributed by atoms with E-state index in [0.717, 1.165) is 34.9 Å². The number of aliphatic hydroxyl groups excluding tert-OH is 1. The first-order valence-electron chi connectivity index (χ1n) is 8.82. The standard InChI is InChI=1S/C21H27N3O3/c1-6-15(2)23-21-13-16(7-8-20(21)22-3)24(9-10-25)17-11-18(26-4)14-19(12-17)27-5/h7-8,11-14,25H,3,6,9-10H2,1-2,4-5H3. The number of ether oxygens (including phenoxy) is 2. The lowest BCUT2D eigenvalue weighted by Crippen LogP contribution is -2.21. The van der Waals surface area contributed by atoms with Gasteiger partial charge >= 0.3 is 0 Å². The van der Waals surface area contributed by atoms with Crippen LogP contribution in [-0.4, -0.2) is 44.9 Å². The zero-order valence-corrected chi connectivity index (χ0v) is 16.4. The van der Waals surface area contributed by atoms with Crippen molar-refractivity contribution in [3.8, 4) is 11.5 Å². The summed E-state index contributed by atoms with van der Waals surface area (Å²) in [6.07, 6.45) is 0.855. The molecule has 0 bridgehead atoms. The van der Waals surface area contributed by atoms with Gasteiger partial charge in [0.05, 0.1) is 32.2 Å². The maximum atomic E-state index is 9.61. The first kappa shape index (κ1) is 20.5. The van der Waals surface area contributed by atoms with Crippen LogP contribution in [0.4, 0.5) is 22.7 Å². The number of hydrogen-bond donors (Lipinski definition) is 1. The second-order valence-corrected chi connectivity index (χ2v) is 5.98. The summed E-state index contributed by atoms with van der Waals surface area (Å²) in [5, 5.41) is 9.61. The molecular weight excluding hydrogens is 342 g/mol. The molecule has 0 saturated heterocycles. The number of rotatable bonds is 9. The van der Waals surface area contributed by atoms with E-state index < -0.39 is 0 Å². The Hall–Kier alpha value is -2.86. The van der Waals surface area contributed by atoms with Crippen LogP contribution in [0.3, 0.4) is 0 Å². The van der Waals surface area contributed by atoms with Gasteiger partial charge in [-0.05, 0) is 38.3 Å². The number of benzene rings is 2. The number of aliphatic hydroxyl groups is 1. The zero-order valence-electron chi connectivity index (χ0n) is 16.4. The Morgan fingerprint density at radius 2 is 1.70 bits per heavy atom. The Bertz CT molecular complexity index is 796. The molecule has 2 rings (SSSR count). The van der Waals surface area contributed by atoms with E-state index in [-0.39, 0.29) is 6.61 Å². The number of methoxy groups -OCH3 is 2. The smallest absolute Gasteiger partial charge is 0.124 e. The van der Waals surface area contributed by atoms with Crippen molar-refractivity contribution in [1.29, 1.82) is 0 Å². The van der Waals surface area contributed by atoms with Crippen LogP contribution in [-0.2, 0) is 0 Å². The van der Waals surface area contributed by atoms with Crippen molar-refractivity contribution in [3.63, 3.8) is 0 Å². The van der Waals surface area contributed by atoms with E-state index >= 15 is 0 Å². The maximum Gasteiger partial charge on any atom is 0.124 e. The summed E-state index contributed by atoms with van der Waals surface area (Å²) in [4.78, 5) is 10.7. The number of aliphatic imine (C=N–C) groups is 2. The average molecular weight is 369 g/mol. The van der Waals surface area contributed by atoms with E-state index in [1.165, 1.54) is 0 Å². The van der Waals surface area contributed by atoms with Gasteiger partial charge in [-0.15, -0.1) is 0 Å². The molecule has 0 radical (unpaired) electrons. The molecule has 1 N–H and O–H groups in total. The minimum absolute atomic E-state index is 0.00638. The zero-order chi connectivity index (χ0) is 19.8. The van der Waals surface area contributed by atoms with E-state index in [1.807, 2.05) is 48.2 Å². The van der Waals surface area contributed by atoms with E-state index in [1.54, 1.807) is 14.2 Å². The average Bonchev–Trinajstić information content (AvgIpc) is 2.71. The third-order valence-electron chi connectivity index (χ3n) is 4.24. The summed E-state index contributed by atoms with van der Waals surface area (Å²) in [5.74, 6) is 1.36. The predicted molar refractivity (Wildman–Crippen MR) is 112 cm³/mol. The Kier molecular flexibility index (Phi) is 7.37. The number of nitrogens with zero attached hydrogens (tertiary/aromatic N) is 3. The highest BCUT2D eigenvalue weighted by Crippen LogP contribution is 2.37. The largest absolute Gasteiger partial charge is 0.497 e. The van der Waals surface area contributed by atoms with Crippen LogP contribution in [0.1, 0.15) is 20.3 Å². The topological polar surface area (TPSA) is 66.7 Å². The van der Waals surface area contributed by atoms with E-state index in [9.17, 15) is 5.11 Å². The first-order valence-corrected chi connectivity index (χ1v) is 8.82. The van der Waals surface area contributed by atoms with Crippen molar-refractivity contribution in [2.75, 3.05) is 32.3 Å². The van der Waals surface area contributed by atoms with Gasteiger partial charge in [0.15, 0.2) is 0 Å². The summed E-state index contributed by atoms with van der Waals surface area (Å²) in [7, 11) is 3.22. The molecule has 0 aliphatic heterocycles. The fourth-order valence-corrected chi connectivity index (χ4v) is 2.64. The molecule has 144 valence electrons. The molecule has 0 aromatic heterocycles. The Balaban J connectivity index is 2.57. The van der Waals surface area contributed by atoms with Crippen molar-refractivity contribution in [3.05, 3.63) is 36.4 Å². The van der Waals surface area contributed by atoms with Crippen LogP contribution in [0, 0.1) is 0 Å². The van der Waals surface area contributed by atoms with Crippen LogP contribution in [0.25, 0.3) is 0 Å². The monoisotopic (exact) mass is 369 g/mol. The summed E-state index contributed by atoms with van der Waals surface area (Å²) < 4.78 is 10.7. The fraction of sp³-hybridized carbons (Fsp3) is 0.333. The van der Waals surface area contributed by atoms with E-state index in [4.69, 9.17) is 9.47 Å². The molecule has 0 fully saturated rings. The Morgan fingerprint density at radius 3 is 2.22 bits per heavy atom. The maximum absolute atomic E-state index is 9.61. The molecule has 0 unspecified atom stereocenters. The van der Waals surface area contributed by atoms with Gasteiger partial charge in [0.1, 0.15) is 11.5 Å². The SMILES string of the molecule is C=Nc1ccc(N(CCO)c2cc(OC)cc(OC)c2)cc1N=C(C)CC. The van der Waals surface area contributed by atoms with Crippen LogP contribution < -0.4 is 14.4 Å². The van der Waals surface area contributed by atoms with Gasteiger partial charge in [0.2, 0.25) is 0 Å². The highest BCUT2D eigenvalue weighted by molar-refractivity contribution is 5.87. The van der Waals surface area contributed by atoms with Gasteiger partial charge in [-0.1, -0.05) is 6.92 Å². The molecule has 6 heteroatoms. The summed E-state index contributed by atoms with van der Waals surface area (Å²) in [6, 6.07) is 11.4. The number of anilines is 2. The van der Waals surface area contributed by atoms with Crippen molar-refractivity contribution >= 4 is 35.2 Å². The highest BCUT2D eigenvalue weighted by atomic mass is 16.5. The number of hydrogen-bond acceptors (Lipinski definition) is 6. The van der Waals surface area contributed by atoms with E-state index in [2.05, 4.69) is 23.6 Å². The molecule has 0 saturated carbocycles. The molecule has 0 atom stereocenters. The third-order valence-corrected chi connectivity index (χ3v) is 4.24. The molecule has 0 aliphatic carbocycles. The van der Waals surface area contributed by atoms with E-state index in [0.29, 0.717) is 18.0 Å². The minimum atomic E-state index is -0.00638. The lowest BCUT2D eigenvalue weighted by molar-refractivity contribution is 0.305. The summed E-state index contributed by atoms with van der Waals surface area (Å²) in [5.41, 5.74) is 4.21. The van der Waals surface area contributed by atoms with Gasteiger partial charge in [-0.3, -0.25) is 9.98 Å². The lowest BCUT2D eigenvalue weighted by atomic mass is 10.2. The molecule has 0 heterocycles. The van der Waals surface area contributed by atoms with Gasteiger partial charge < -0.3 is 19.5 Å². The van der Waals surface area contributed by atoms with Crippen molar-refractivity contribution in [2.24, 2.45) is 9.98 Å². The third kappa shape index (κ3) is 5.08. The first-order chi connectivity index (χ1) is 13.1. The van der Waals surface area contributed by atoms with Gasteiger partial charge in [0.25, 0.3) is 0 Å². The van der Waals surface area contributed by atoms with Crippen LogP contribution in [0.2, 0.25) is 0 Å². The Morgan fingerprint density at radius 1 is 1.04 bits per heavy atom. The molecule has 0 spiro atoms. The lowest BCUT2D eigenvalue weighted by Gasteiger charge is -2.25. The molecule has 27 heavy (non-hydrogen) atoms. The molecule has 2 aromatic rings. The molecule has 6 nitrogen and oxygen atoms in total. The quantitative estimate of drug-likeness (QED) is 0.652. The molecule has 0 aliphatic rings. The molecular formula is C21H27N3O3. The highest BCUT2D eigenvalue weighted by Gasteiger charge is 2.14. The van der Waals surface area contributed by atoms with Gasteiger partial charge in [-0.25, -0.2) is 0 Å². The summed E-state index contributed by atoms with van der Waals surface area (Å²) >= 11 is 0. The second-order valence-electron chi connectivity index (χ2n) is 5.98.